The van der Waals surface area contributed by atoms with Crippen LogP contribution < -0.4 is 5.32 Å². The largest absolute Gasteiger partial charge is 0.309 e. The van der Waals surface area contributed by atoms with E-state index in [2.05, 4.69) is 57.3 Å². The van der Waals surface area contributed by atoms with E-state index in [0.29, 0.717) is 6.04 Å². The van der Waals surface area contributed by atoms with Gasteiger partial charge in [-0.1, -0.05) is 58.4 Å². The van der Waals surface area contributed by atoms with Gasteiger partial charge in [0, 0.05) is 6.04 Å². The molecule has 2 rings (SSSR count). The van der Waals surface area contributed by atoms with Crippen molar-refractivity contribution in [3.63, 3.8) is 0 Å². The summed E-state index contributed by atoms with van der Waals surface area (Å²) in [5, 5.41) is 3.78. The lowest BCUT2D eigenvalue weighted by atomic mass is 9.81. The number of benzene rings is 1. The van der Waals surface area contributed by atoms with Gasteiger partial charge in [-0.3, -0.25) is 0 Å². The average Bonchev–Trinajstić information content (AvgIpc) is 2.46. The van der Waals surface area contributed by atoms with Crippen molar-refractivity contribution in [1.29, 1.82) is 0 Å². The van der Waals surface area contributed by atoms with Crippen LogP contribution in [-0.4, -0.2) is 6.54 Å². The molecule has 1 aliphatic rings. The molecule has 0 saturated carbocycles. The molecule has 1 heterocycles. The van der Waals surface area contributed by atoms with Gasteiger partial charge in [0.05, 0.1) is 0 Å². The molecule has 1 heteroatoms. The Kier molecular flexibility index (Phi) is 3.58. The molecule has 0 radical (unpaired) electrons. The van der Waals surface area contributed by atoms with Gasteiger partial charge in [-0.05, 0) is 35.4 Å². The molecule has 1 aliphatic heterocycles. The van der Waals surface area contributed by atoms with Crippen LogP contribution >= 0.6 is 0 Å². The molecule has 2 unspecified atom stereocenters. The molecule has 2 atom stereocenters. The maximum atomic E-state index is 3.78. The minimum atomic E-state index is 0.277. The molecular weight excluding hydrogens is 206 g/mol. The van der Waals surface area contributed by atoms with Crippen LogP contribution in [0, 0.1) is 11.3 Å². The summed E-state index contributed by atoms with van der Waals surface area (Å²) in [6.45, 7) is 10.4. The first-order valence-electron chi connectivity index (χ1n) is 6.83. The molecule has 0 bridgehead atoms. The number of rotatable bonds is 1. The van der Waals surface area contributed by atoms with Crippen LogP contribution in [0.2, 0.25) is 0 Å². The van der Waals surface area contributed by atoms with Crippen LogP contribution in [0.25, 0.3) is 0 Å². The van der Waals surface area contributed by atoms with Crippen molar-refractivity contribution in [2.24, 2.45) is 11.3 Å². The lowest BCUT2D eigenvalue weighted by molar-refractivity contribution is 0.266. The van der Waals surface area contributed by atoms with Gasteiger partial charge in [0.1, 0.15) is 0 Å². The molecule has 0 fully saturated rings. The van der Waals surface area contributed by atoms with Gasteiger partial charge in [0.2, 0.25) is 0 Å². The lowest BCUT2D eigenvalue weighted by Crippen LogP contribution is -2.33. The van der Waals surface area contributed by atoms with E-state index in [1.54, 1.807) is 5.56 Å². The summed E-state index contributed by atoms with van der Waals surface area (Å²) in [6.07, 6.45) is 2.49. The van der Waals surface area contributed by atoms with E-state index in [0.717, 1.165) is 12.5 Å². The first-order valence-corrected chi connectivity index (χ1v) is 6.83. The predicted molar refractivity (Wildman–Crippen MR) is 74.1 cm³/mol. The number of hydrogen-bond acceptors (Lipinski definition) is 1. The third kappa shape index (κ3) is 2.71. The van der Waals surface area contributed by atoms with Crippen molar-refractivity contribution in [2.45, 2.75) is 46.6 Å². The number of fused-ring (bicyclic) bond motifs is 1. The average molecular weight is 231 g/mol. The molecule has 1 nitrogen and oxygen atoms in total. The fraction of sp³-hybridized carbons (Fsp3) is 0.625. The smallest absolute Gasteiger partial charge is 0.0372 e. The van der Waals surface area contributed by atoms with E-state index in [9.17, 15) is 0 Å². The second-order valence-electron chi connectivity index (χ2n) is 6.38. The zero-order valence-electron chi connectivity index (χ0n) is 11.6. The minimum Gasteiger partial charge on any atom is -0.309 e. The molecule has 1 aromatic carbocycles. The Bertz CT molecular complexity index is 375. The molecule has 1 aromatic rings. The lowest BCUT2D eigenvalue weighted by Gasteiger charge is -2.32. The molecule has 0 aliphatic carbocycles. The van der Waals surface area contributed by atoms with Gasteiger partial charge in [0.25, 0.3) is 0 Å². The first-order chi connectivity index (χ1) is 8.02. The molecule has 94 valence electrons. The van der Waals surface area contributed by atoms with Crippen LogP contribution in [0.5, 0.6) is 0 Å². The highest BCUT2D eigenvalue weighted by molar-refractivity contribution is 5.32. The van der Waals surface area contributed by atoms with Crippen molar-refractivity contribution < 1.29 is 0 Å². The molecule has 1 N–H and O–H groups in total. The van der Waals surface area contributed by atoms with Crippen LogP contribution in [0.3, 0.4) is 0 Å². The van der Waals surface area contributed by atoms with Crippen LogP contribution in [0.4, 0.5) is 0 Å². The van der Waals surface area contributed by atoms with Crippen molar-refractivity contribution in [1.82, 2.24) is 5.32 Å². The molecule has 0 amide bonds. The molecule has 0 saturated heterocycles. The normalized spacial score (nSPS) is 25.2. The highest BCUT2D eigenvalue weighted by Crippen LogP contribution is 2.37. The summed E-state index contributed by atoms with van der Waals surface area (Å²) in [5.74, 6) is 0.781. The van der Waals surface area contributed by atoms with Gasteiger partial charge in [0.15, 0.2) is 0 Å². The third-order valence-electron chi connectivity index (χ3n) is 3.93. The summed E-state index contributed by atoms with van der Waals surface area (Å²) in [7, 11) is 0. The van der Waals surface area contributed by atoms with E-state index in [4.69, 9.17) is 0 Å². The maximum Gasteiger partial charge on any atom is 0.0372 e. The van der Waals surface area contributed by atoms with Gasteiger partial charge in [-0.15, -0.1) is 0 Å². The number of nitrogens with one attached hydrogen (secondary N) is 1. The first kappa shape index (κ1) is 12.6. The highest BCUT2D eigenvalue weighted by atomic mass is 14.9. The second kappa shape index (κ2) is 4.81. The van der Waals surface area contributed by atoms with Crippen molar-refractivity contribution >= 4 is 0 Å². The van der Waals surface area contributed by atoms with Gasteiger partial charge in [-0.2, -0.15) is 0 Å². The maximum absolute atomic E-state index is 3.78. The van der Waals surface area contributed by atoms with Crippen molar-refractivity contribution in [2.75, 3.05) is 6.54 Å². The third-order valence-corrected chi connectivity index (χ3v) is 3.93. The minimum absolute atomic E-state index is 0.277. The van der Waals surface area contributed by atoms with Gasteiger partial charge < -0.3 is 5.32 Å². The number of hydrogen-bond donors (Lipinski definition) is 1. The topological polar surface area (TPSA) is 12.0 Å². The Morgan fingerprint density at radius 1 is 1.24 bits per heavy atom. The fourth-order valence-electron chi connectivity index (χ4n) is 2.84. The van der Waals surface area contributed by atoms with E-state index in [1.165, 1.54) is 18.4 Å². The molecule has 0 aromatic heterocycles. The molecular formula is C16H25N. The van der Waals surface area contributed by atoms with Crippen molar-refractivity contribution in [3.05, 3.63) is 35.4 Å². The summed E-state index contributed by atoms with van der Waals surface area (Å²) in [4.78, 5) is 0. The zero-order valence-corrected chi connectivity index (χ0v) is 11.6. The van der Waals surface area contributed by atoms with Crippen molar-refractivity contribution in [3.8, 4) is 0 Å². The zero-order chi connectivity index (χ0) is 12.5. The molecule has 17 heavy (non-hydrogen) atoms. The highest BCUT2D eigenvalue weighted by Gasteiger charge is 2.30. The van der Waals surface area contributed by atoms with E-state index in [1.807, 2.05) is 0 Å². The summed E-state index contributed by atoms with van der Waals surface area (Å²) in [5.41, 5.74) is 3.33. The predicted octanol–water partition coefficient (Wildman–Crippen LogP) is 3.95. The quantitative estimate of drug-likeness (QED) is 0.772. The Morgan fingerprint density at radius 3 is 2.59 bits per heavy atom. The summed E-state index contributed by atoms with van der Waals surface area (Å²) in [6, 6.07) is 9.44. The van der Waals surface area contributed by atoms with Gasteiger partial charge in [-0.25, -0.2) is 0 Å². The van der Waals surface area contributed by atoms with Crippen LogP contribution in [0.1, 0.15) is 51.3 Å². The monoisotopic (exact) mass is 231 g/mol. The van der Waals surface area contributed by atoms with E-state index < -0.39 is 0 Å². The Morgan fingerprint density at radius 2 is 1.94 bits per heavy atom. The van der Waals surface area contributed by atoms with E-state index in [-0.39, 0.29) is 5.41 Å². The summed E-state index contributed by atoms with van der Waals surface area (Å²) < 4.78 is 0. The molecule has 0 spiro atoms. The van der Waals surface area contributed by atoms with Gasteiger partial charge >= 0.3 is 0 Å². The SMILES string of the molecule is CCC1CNC(C(C)(C)C)c2ccccc2C1. The van der Waals surface area contributed by atoms with E-state index >= 15 is 0 Å². The van der Waals surface area contributed by atoms with Crippen LogP contribution in [0.15, 0.2) is 24.3 Å². The Balaban J connectivity index is 2.39. The Labute approximate surface area is 106 Å². The second-order valence-corrected chi connectivity index (χ2v) is 6.38. The van der Waals surface area contributed by atoms with Crippen LogP contribution in [-0.2, 0) is 6.42 Å². The Hall–Kier alpha value is -0.820. The fourth-order valence-corrected chi connectivity index (χ4v) is 2.84. The standard InChI is InChI=1S/C16H25N/c1-5-12-10-13-8-6-7-9-14(13)15(17-11-12)16(2,3)4/h6-9,12,15,17H,5,10-11H2,1-4H3. The summed E-state index contributed by atoms with van der Waals surface area (Å²) >= 11 is 0.